The number of rotatable bonds is 4. The van der Waals surface area contributed by atoms with Crippen molar-refractivity contribution >= 4 is 39.1 Å². The van der Waals surface area contributed by atoms with Crippen LogP contribution >= 0.6 is 21.6 Å². The lowest BCUT2D eigenvalue weighted by atomic mass is 10.4. The van der Waals surface area contributed by atoms with Crippen molar-refractivity contribution in [2.45, 2.75) is 25.3 Å². The average molecular weight is 268 g/mol. The van der Waals surface area contributed by atoms with Crippen LogP contribution in [0.1, 0.15) is 13.8 Å². The minimum Gasteiger partial charge on any atom is -0.405 e. The Morgan fingerprint density at radius 2 is 2.41 bits per heavy atom. The molecule has 0 radical (unpaired) electrons. The first-order valence-corrected chi connectivity index (χ1v) is 7.44. The molecule has 0 saturated heterocycles. The minimum atomic E-state index is 0.114. The fourth-order valence-corrected chi connectivity index (χ4v) is 3.03. The van der Waals surface area contributed by atoms with E-state index in [1.54, 1.807) is 46.3 Å². The van der Waals surface area contributed by atoms with Crippen molar-refractivity contribution in [2.24, 2.45) is 20.7 Å². The molecule has 0 aliphatic carbocycles. The van der Waals surface area contributed by atoms with Crippen molar-refractivity contribution < 1.29 is 0 Å². The van der Waals surface area contributed by atoms with Crippen LogP contribution in [0.4, 0.5) is 0 Å². The standard InChI is InChI=1S/C11H16N4S2/c1-9-11(15-8-4-7-13-9)17-16-10(2)14-6-3-5-12/h3-10H,12H2,1-2H3/b5-3-,14-6?/t9-,10?/m0/s1. The number of hydrogen-bond donors (Lipinski definition) is 1. The van der Waals surface area contributed by atoms with E-state index < -0.39 is 0 Å². The van der Waals surface area contributed by atoms with Gasteiger partial charge in [-0.15, -0.1) is 0 Å². The van der Waals surface area contributed by atoms with Gasteiger partial charge in [0.1, 0.15) is 10.4 Å². The number of allylic oxidation sites excluding steroid dienone is 2. The summed E-state index contributed by atoms with van der Waals surface area (Å²) in [5.74, 6) is 0. The predicted octanol–water partition coefficient (Wildman–Crippen LogP) is 2.64. The molecule has 0 aromatic heterocycles. The van der Waals surface area contributed by atoms with E-state index in [-0.39, 0.29) is 11.4 Å². The van der Waals surface area contributed by atoms with Gasteiger partial charge in [-0.1, -0.05) is 10.8 Å². The smallest absolute Gasteiger partial charge is 0.108 e. The van der Waals surface area contributed by atoms with E-state index in [0.717, 1.165) is 5.04 Å². The van der Waals surface area contributed by atoms with E-state index in [1.807, 2.05) is 19.9 Å². The highest BCUT2D eigenvalue weighted by atomic mass is 33.1. The summed E-state index contributed by atoms with van der Waals surface area (Å²) >= 11 is 0. The zero-order valence-electron chi connectivity index (χ0n) is 9.85. The molecule has 0 bridgehead atoms. The molecule has 1 aliphatic rings. The third kappa shape index (κ3) is 5.74. The summed E-state index contributed by atoms with van der Waals surface area (Å²) in [6.45, 7) is 4.06. The fourth-order valence-electron chi connectivity index (χ4n) is 0.961. The summed E-state index contributed by atoms with van der Waals surface area (Å²) in [5.41, 5.74) is 5.21. The van der Waals surface area contributed by atoms with Gasteiger partial charge in [-0.3, -0.25) is 15.0 Å². The molecule has 2 N–H and O–H groups in total. The van der Waals surface area contributed by atoms with Gasteiger partial charge in [-0.2, -0.15) is 0 Å². The molecule has 1 heterocycles. The van der Waals surface area contributed by atoms with Crippen LogP contribution in [0.3, 0.4) is 0 Å². The molecule has 17 heavy (non-hydrogen) atoms. The Hall–Kier alpha value is -1.01. The van der Waals surface area contributed by atoms with Crippen molar-refractivity contribution in [2.75, 3.05) is 0 Å². The second kappa shape index (κ2) is 8.14. The predicted molar refractivity (Wildman–Crippen MR) is 81.0 cm³/mol. The van der Waals surface area contributed by atoms with Crippen LogP contribution in [0.2, 0.25) is 0 Å². The first-order valence-electron chi connectivity index (χ1n) is 5.23. The van der Waals surface area contributed by atoms with Crippen LogP contribution in [0.15, 0.2) is 39.5 Å². The van der Waals surface area contributed by atoms with E-state index in [9.17, 15) is 0 Å². The van der Waals surface area contributed by atoms with Gasteiger partial charge in [0.15, 0.2) is 0 Å². The Labute approximate surface area is 110 Å². The van der Waals surface area contributed by atoms with Crippen LogP contribution in [-0.4, -0.2) is 28.9 Å². The van der Waals surface area contributed by atoms with Crippen LogP contribution in [-0.2, 0) is 0 Å². The van der Waals surface area contributed by atoms with E-state index in [0.29, 0.717) is 0 Å². The topological polar surface area (TPSA) is 63.1 Å². The normalized spacial score (nSPS) is 22.0. The highest BCUT2D eigenvalue weighted by Crippen LogP contribution is 2.30. The Morgan fingerprint density at radius 3 is 3.18 bits per heavy atom. The lowest BCUT2D eigenvalue weighted by Gasteiger charge is -2.09. The van der Waals surface area contributed by atoms with Crippen molar-refractivity contribution in [3.8, 4) is 0 Å². The number of hydrogen-bond acceptors (Lipinski definition) is 6. The first-order chi connectivity index (χ1) is 8.24. The maximum Gasteiger partial charge on any atom is 0.108 e. The van der Waals surface area contributed by atoms with E-state index in [2.05, 4.69) is 15.0 Å². The average Bonchev–Trinajstić information content (AvgIpc) is 2.52. The van der Waals surface area contributed by atoms with Crippen LogP contribution in [0.5, 0.6) is 0 Å². The van der Waals surface area contributed by atoms with Gasteiger partial charge in [-0.05, 0) is 43.0 Å². The second-order valence-electron chi connectivity index (χ2n) is 3.24. The minimum absolute atomic E-state index is 0.114. The summed E-state index contributed by atoms with van der Waals surface area (Å²) < 4.78 is 0. The molecule has 2 atom stereocenters. The van der Waals surface area contributed by atoms with Gasteiger partial charge in [0.05, 0.1) is 6.04 Å². The molecule has 1 aliphatic heterocycles. The highest BCUT2D eigenvalue weighted by Gasteiger charge is 2.12. The molecule has 0 aromatic carbocycles. The van der Waals surface area contributed by atoms with Gasteiger partial charge in [0.2, 0.25) is 0 Å². The largest absolute Gasteiger partial charge is 0.405 e. The van der Waals surface area contributed by atoms with Crippen LogP contribution < -0.4 is 5.73 Å². The molecule has 1 unspecified atom stereocenters. The quantitative estimate of drug-likeness (QED) is 0.630. The molecular weight excluding hydrogens is 252 g/mol. The molecule has 6 heteroatoms. The molecule has 0 aromatic rings. The van der Waals surface area contributed by atoms with Gasteiger partial charge in [0, 0.05) is 18.6 Å². The third-order valence-corrected chi connectivity index (χ3v) is 4.56. The second-order valence-corrected chi connectivity index (χ2v) is 5.78. The Bertz CT molecular complexity index is 372. The monoisotopic (exact) mass is 268 g/mol. The highest BCUT2D eigenvalue weighted by molar-refractivity contribution is 8.82. The third-order valence-electron chi connectivity index (χ3n) is 1.81. The van der Waals surface area contributed by atoms with Crippen LogP contribution in [0, 0.1) is 0 Å². The summed E-state index contributed by atoms with van der Waals surface area (Å²) in [5, 5.41) is 1.15. The number of nitrogens with two attached hydrogens (primary N) is 1. The summed E-state index contributed by atoms with van der Waals surface area (Å²) in [4.78, 5) is 12.9. The first kappa shape index (κ1) is 14.1. The van der Waals surface area contributed by atoms with Gasteiger partial charge < -0.3 is 5.73 Å². The molecule has 92 valence electrons. The summed E-state index contributed by atoms with van der Waals surface area (Å²) in [6, 6.07) is 0.114. The van der Waals surface area contributed by atoms with Gasteiger partial charge in [-0.25, -0.2) is 0 Å². The van der Waals surface area contributed by atoms with E-state index >= 15 is 0 Å². The SMILES string of the molecule is CC(N=C/C=C\N)SSC1=NC=CC=N[C@H]1C. The molecule has 1 rings (SSSR count). The van der Waals surface area contributed by atoms with Crippen LogP contribution in [0.25, 0.3) is 0 Å². The lowest BCUT2D eigenvalue weighted by Crippen LogP contribution is -2.09. The van der Waals surface area contributed by atoms with Crippen molar-refractivity contribution in [3.63, 3.8) is 0 Å². The number of nitrogens with zero attached hydrogens (tertiary/aromatic N) is 3. The molecule has 0 spiro atoms. The summed E-state index contributed by atoms with van der Waals surface area (Å²) in [6.07, 6.45) is 10.3. The van der Waals surface area contributed by atoms with Gasteiger partial charge in [0.25, 0.3) is 0 Å². The molecule has 4 nitrogen and oxygen atoms in total. The maximum atomic E-state index is 5.21. The van der Waals surface area contributed by atoms with Gasteiger partial charge >= 0.3 is 0 Å². The lowest BCUT2D eigenvalue weighted by molar-refractivity contribution is 1.000. The Morgan fingerprint density at radius 1 is 1.59 bits per heavy atom. The van der Waals surface area contributed by atoms with Crippen molar-refractivity contribution in [1.29, 1.82) is 0 Å². The molecule has 0 saturated carbocycles. The van der Waals surface area contributed by atoms with Crippen molar-refractivity contribution in [1.82, 2.24) is 0 Å². The molecular formula is C11H16N4S2. The Kier molecular flexibility index (Phi) is 6.73. The summed E-state index contributed by atoms with van der Waals surface area (Å²) in [7, 11) is 3.27. The number of aliphatic imine (C=N–C) groups is 3. The molecule has 0 fully saturated rings. The van der Waals surface area contributed by atoms with Crippen molar-refractivity contribution in [3.05, 3.63) is 24.6 Å². The zero-order valence-corrected chi connectivity index (χ0v) is 11.5. The Balaban J connectivity index is 2.42. The van der Waals surface area contributed by atoms with E-state index in [4.69, 9.17) is 5.73 Å². The maximum absolute atomic E-state index is 5.21. The van der Waals surface area contributed by atoms with E-state index in [1.165, 1.54) is 6.20 Å². The zero-order chi connectivity index (χ0) is 12.5. The molecule has 0 amide bonds. The fraction of sp³-hybridized carbons (Fsp3) is 0.364.